The Morgan fingerprint density at radius 1 is 0.943 bits per heavy atom. The van der Waals surface area contributed by atoms with Crippen LogP contribution in [0.2, 0.25) is 10.0 Å². The molecule has 0 radical (unpaired) electrons. The number of aromatic nitrogens is 1. The van der Waals surface area contributed by atoms with E-state index in [9.17, 15) is 18.4 Å². The normalized spacial score (nSPS) is 10.9. The van der Waals surface area contributed by atoms with Gasteiger partial charge in [-0.05, 0) is 31.0 Å². The van der Waals surface area contributed by atoms with Gasteiger partial charge in [0, 0.05) is 24.4 Å². The molecule has 0 unspecified atom stereocenters. The van der Waals surface area contributed by atoms with Crippen molar-refractivity contribution in [3.8, 4) is 11.5 Å². The first kappa shape index (κ1) is 28.6. The molecule has 7 nitrogen and oxygen atoms in total. The van der Waals surface area contributed by atoms with Gasteiger partial charge in [0.25, 0.3) is 5.91 Å². The molecule has 1 aromatic carbocycles. The maximum Gasteiger partial charge on any atom is 0.387 e. The zero-order valence-corrected chi connectivity index (χ0v) is 20.6. The maximum atomic E-state index is 12.8. The fraction of sp³-hybridized carbons (Fsp3) is 0.458. The van der Waals surface area contributed by atoms with Gasteiger partial charge in [-0.3, -0.25) is 14.6 Å². The van der Waals surface area contributed by atoms with Crippen LogP contribution in [0.5, 0.6) is 11.5 Å². The minimum absolute atomic E-state index is 0.0308. The third-order valence-corrected chi connectivity index (χ3v) is 5.63. The number of ether oxygens (including phenoxy) is 2. The highest BCUT2D eigenvalue weighted by Crippen LogP contribution is 2.32. The number of aliphatic carboxylic acids is 1. The molecule has 1 aromatic heterocycles. The summed E-state index contributed by atoms with van der Waals surface area (Å²) in [5.41, 5.74) is 0.332. The number of carbonyl (C=O) groups excluding carboxylic acids is 1. The molecule has 0 atom stereocenters. The summed E-state index contributed by atoms with van der Waals surface area (Å²) in [6.07, 6.45) is 10.1. The predicted octanol–water partition coefficient (Wildman–Crippen LogP) is 7.22. The number of carboxylic acids is 1. The number of unbranched alkanes of at least 4 members (excludes halogenated alkanes) is 7. The second-order valence-electron chi connectivity index (χ2n) is 7.79. The maximum absolute atomic E-state index is 12.8. The zero-order chi connectivity index (χ0) is 25.6. The molecule has 2 N–H and O–H groups in total. The molecule has 0 saturated carbocycles. The Bertz CT molecular complexity index is 959. The molecule has 0 aliphatic heterocycles. The summed E-state index contributed by atoms with van der Waals surface area (Å²) < 4.78 is 35.8. The minimum Gasteiger partial charge on any atom is -0.490 e. The van der Waals surface area contributed by atoms with Crippen molar-refractivity contribution in [2.75, 3.05) is 11.9 Å². The second-order valence-corrected chi connectivity index (χ2v) is 8.61. The van der Waals surface area contributed by atoms with Gasteiger partial charge in [-0.1, -0.05) is 61.7 Å². The van der Waals surface area contributed by atoms with Crippen molar-refractivity contribution < 1.29 is 33.0 Å². The van der Waals surface area contributed by atoms with Gasteiger partial charge in [0.05, 0.1) is 22.3 Å². The van der Waals surface area contributed by atoms with Crippen LogP contribution >= 0.6 is 23.2 Å². The average molecular weight is 533 g/mol. The second kappa shape index (κ2) is 15.4. The molecule has 1 amide bonds. The molecule has 1 heterocycles. The lowest BCUT2D eigenvalue weighted by atomic mass is 10.1. The SMILES string of the molecule is O=C(O)CCCCCCCCCCOc1cc(C(=O)Nc2c(Cl)cncc2Cl)ccc1OC(F)F. The first-order valence-electron chi connectivity index (χ1n) is 11.3. The Hall–Kier alpha value is -2.65. The van der Waals surface area contributed by atoms with E-state index in [0.29, 0.717) is 12.8 Å². The van der Waals surface area contributed by atoms with Gasteiger partial charge in [0.1, 0.15) is 0 Å². The third-order valence-electron chi connectivity index (χ3n) is 5.06. The van der Waals surface area contributed by atoms with Gasteiger partial charge >= 0.3 is 12.6 Å². The van der Waals surface area contributed by atoms with Crippen LogP contribution in [0.4, 0.5) is 14.5 Å². The summed E-state index contributed by atoms with van der Waals surface area (Å²) in [4.78, 5) is 26.9. The van der Waals surface area contributed by atoms with Crippen LogP contribution in [0.3, 0.4) is 0 Å². The van der Waals surface area contributed by atoms with E-state index in [1.54, 1.807) is 0 Å². The summed E-state index contributed by atoms with van der Waals surface area (Å²) in [6.45, 7) is -2.77. The Kier molecular flexibility index (Phi) is 12.6. The third kappa shape index (κ3) is 10.7. The summed E-state index contributed by atoms with van der Waals surface area (Å²) in [6, 6.07) is 3.91. The first-order valence-corrected chi connectivity index (χ1v) is 12.1. The minimum atomic E-state index is -3.04. The lowest BCUT2D eigenvalue weighted by Gasteiger charge is -2.14. The zero-order valence-electron chi connectivity index (χ0n) is 19.1. The Morgan fingerprint density at radius 2 is 1.54 bits per heavy atom. The lowest BCUT2D eigenvalue weighted by molar-refractivity contribution is -0.137. The number of rotatable bonds is 16. The number of benzene rings is 1. The summed E-state index contributed by atoms with van der Waals surface area (Å²) in [7, 11) is 0. The van der Waals surface area contributed by atoms with E-state index in [4.69, 9.17) is 33.0 Å². The summed E-state index contributed by atoms with van der Waals surface area (Å²) >= 11 is 12.1. The molecule has 0 saturated heterocycles. The predicted molar refractivity (Wildman–Crippen MR) is 130 cm³/mol. The standard InChI is InChI=1S/C24H28Cl2F2N2O5/c25-17-14-29-15-18(26)22(17)30-23(33)16-10-11-19(35-24(27)28)20(13-16)34-12-8-6-4-2-1-3-5-7-9-21(31)32/h10-11,13-15,24H,1-9,12H2,(H,31,32)(H,29,30,33). The van der Waals surface area contributed by atoms with E-state index < -0.39 is 18.5 Å². The molecule has 2 aromatic rings. The van der Waals surface area contributed by atoms with Crippen LogP contribution in [0.15, 0.2) is 30.6 Å². The van der Waals surface area contributed by atoms with Crippen LogP contribution in [0.25, 0.3) is 0 Å². The lowest BCUT2D eigenvalue weighted by Crippen LogP contribution is -2.14. The van der Waals surface area contributed by atoms with Crippen molar-refractivity contribution in [3.05, 3.63) is 46.2 Å². The Labute approximate surface area is 212 Å². The van der Waals surface area contributed by atoms with Gasteiger partial charge in [0.2, 0.25) is 0 Å². The van der Waals surface area contributed by atoms with Gasteiger partial charge in [-0.15, -0.1) is 0 Å². The van der Waals surface area contributed by atoms with Crippen molar-refractivity contribution in [3.63, 3.8) is 0 Å². The molecule has 0 aliphatic rings. The molecule has 0 spiro atoms. The number of hydrogen-bond acceptors (Lipinski definition) is 5. The Morgan fingerprint density at radius 3 is 2.14 bits per heavy atom. The fourth-order valence-corrected chi connectivity index (χ4v) is 3.75. The molecular weight excluding hydrogens is 505 g/mol. The molecular formula is C24H28Cl2F2N2O5. The highest BCUT2D eigenvalue weighted by molar-refractivity contribution is 6.39. The van der Waals surface area contributed by atoms with Crippen molar-refractivity contribution in [1.82, 2.24) is 4.98 Å². The number of halogens is 4. The van der Waals surface area contributed by atoms with Crippen LogP contribution in [-0.2, 0) is 4.79 Å². The number of carbonyl (C=O) groups is 2. The van der Waals surface area contributed by atoms with Crippen LogP contribution in [0.1, 0.15) is 68.1 Å². The largest absolute Gasteiger partial charge is 0.490 e. The van der Waals surface area contributed by atoms with E-state index in [1.807, 2.05) is 0 Å². The number of amides is 1. The van der Waals surface area contributed by atoms with Gasteiger partial charge in [-0.25, -0.2) is 0 Å². The topological polar surface area (TPSA) is 97.8 Å². The molecule has 2 rings (SSSR count). The van der Waals surface area contributed by atoms with E-state index in [2.05, 4.69) is 15.0 Å². The van der Waals surface area contributed by atoms with Crippen molar-refractivity contribution in [2.45, 2.75) is 64.4 Å². The van der Waals surface area contributed by atoms with Crippen molar-refractivity contribution in [2.24, 2.45) is 0 Å². The first-order chi connectivity index (χ1) is 16.8. The molecule has 35 heavy (non-hydrogen) atoms. The molecule has 0 aliphatic carbocycles. The fourth-order valence-electron chi connectivity index (χ4n) is 3.29. The van der Waals surface area contributed by atoms with Crippen LogP contribution in [0, 0.1) is 0 Å². The van der Waals surface area contributed by atoms with Gasteiger partial charge in [-0.2, -0.15) is 8.78 Å². The molecule has 0 fully saturated rings. The number of hydrogen-bond donors (Lipinski definition) is 2. The number of anilines is 1. The van der Waals surface area contributed by atoms with Gasteiger partial charge < -0.3 is 19.9 Å². The molecule has 11 heteroatoms. The van der Waals surface area contributed by atoms with Crippen LogP contribution < -0.4 is 14.8 Å². The van der Waals surface area contributed by atoms with Crippen LogP contribution in [-0.4, -0.2) is 35.2 Å². The smallest absolute Gasteiger partial charge is 0.387 e. The van der Waals surface area contributed by atoms with E-state index >= 15 is 0 Å². The van der Waals surface area contributed by atoms with Gasteiger partial charge in [0.15, 0.2) is 11.5 Å². The summed E-state index contributed by atoms with van der Waals surface area (Å²) in [5.74, 6) is -1.46. The van der Waals surface area contributed by atoms with Crippen molar-refractivity contribution in [1.29, 1.82) is 0 Å². The van der Waals surface area contributed by atoms with E-state index in [1.165, 1.54) is 30.6 Å². The number of pyridine rings is 1. The quantitative estimate of drug-likeness (QED) is 0.221. The molecule has 192 valence electrons. The number of nitrogens with one attached hydrogen (secondary N) is 1. The summed E-state index contributed by atoms with van der Waals surface area (Å²) in [5, 5.41) is 11.5. The average Bonchev–Trinajstić information content (AvgIpc) is 2.80. The highest BCUT2D eigenvalue weighted by Gasteiger charge is 2.17. The van der Waals surface area contributed by atoms with Crippen molar-refractivity contribution >= 4 is 40.8 Å². The number of carboxylic acid groups (broad SMARTS) is 1. The van der Waals surface area contributed by atoms with E-state index in [-0.39, 0.29) is 45.8 Å². The number of nitrogens with zero attached hydrogens (tertiary/aromatic N) is 1. The monoisotopic (exact) mass is 532 g/mol. The van der Waals surface area contributed by atoms with E-state index in [0.717, 1.165) is 38.5 Å². The number of alkyl halides is 2. The highest BCUT2D eigenvalue weighted by atomic mass is 35.5. The Balaban J connectivity index is 1.85. The molecule has 0 bridgehead atoms.